The monoisotopic (exact) mass is 387 g/mol. The Bertz CT molecular complexity index is 804. The van der Waals surface area contributed by atoms with E-state index in [0.717, 1.165) is 4.47 Å². The first-order chi connectivity index (χ1) is 11.6. The van der Waals surface area contributed by atoms with Crippen molar-refractivity contribution in [1.29, 1.82) is 0 Å². The Labute approximate surface area is 147 Å². The molecule has 0 N–H and O–H groups in total. The van der Waals surface area contributed by atoms with Gasteiger partial charge in [0.15, 0.2) is 0 Å². The predicted octanol–water partition coefficient (Wildman–Crippen LogP) is 3.29. The van der Waals surface area contributed by atoms with Gasteiger partial charge in [-0.3, -0.25) is 14.5 Å². The highest BCUT2D eigenvalue weighted by atomic mass is 79.9. The van der Waals surface area contributed by atoms with Crippen molar-refractivity contribution in [2.75, 3.05) is 13.2 Å². The minimum absolute atomic E-state index is 0.144. The fourth-order valence-corrected chi connectivity index (χ4v) is 2.87. The van der Waals surface area contributed by atoms with Crippen molar-refractivity contribution < 1.29 is 19.1 Å². The minimum Gasteiger partial charge on any atom is -0.462 e. The van der Waals surface area contributed by atoms with Crippen LogP contribution in [0.1, 0.15) is 37.5 Å². The molecule has 0 aromatic heterocycles. The van der Waals surface area contributed by atoms with Crippen LogP contribution in [0.25, 0.3) is 0 Å². The Kier molecular flexibility index (Phi) is 4.76. The second-order valence-corrected chi connectivity index (χ2v) is 6.22. The van der Waals surface area contributed by atoms with E-state index in [-0.39, 0.29) is 25.0 Å². The van der Waals surface area contributed by atoms with Gasteiger partial charge in [-0.1, -0.05) is 34.1 Å². The Morgan fingerprint density at radius 2 is 1.71 bits per heavy atom. The number of rotatable bonds is 5. The molecular formula is C18H14BrNO4. The van der Waals surface area contributed by atoms with Crippen molar-refractivity contribution >= 4 is 33.7 Å². The Morgan fingerprint density at radius 1 is 1.00 bits per heavy atom. The molecule has 0 fully saturated rings. The molecule has 3 rings (SSSR count). The van der Waals surface area contributed by atoms with Crippen LogP contribution in [0.5, 0.6) is 0 Å². The average Bonchev–Trinajstić information content (AvgIpc) is 2.83. The van der Waals surface area contributed by atoms with E-state index >= 15 is 0 Å². The number of amides is 2. The molecule has 0 bridgehead atoms. The lowest BCUT2D eigenvalue weighted by molar-refractivity contribution is 0.0482. The van der Waals surface area contributed by atoms with Crippen molar-refractivity contribution in [1.82, 2.24) is 4.90 Å². The molecule has 1 aliphatic rings. The Morgan fingerprint density at radius 3 is 2.46 bits per heavy atom. The van der Waals surface area contributed by atoms with Crippen LogP contribution in [0.2, 0.25) is 0 Å². The average molecular weight is 388 g/mol. The molecule has 1 heterocycles. The van der Waals surface area contributed by atoms with Crippen molar-refractivity contribution in [2.45, 2.75) is 6.42 Å². The number of hydrogen-bond donors (Lipinski definition) is 0. The highest BCUT2D eigenvalue weighted by Crippen LogP contribution is 2.26. The van der Waals surface area contributed by atoms with Crippen LogP contribution < -0.4 is 0 Å². The van der Waals surface area contributed by atoms with Crippen molar-refractivity contribution in [3.63, 3.8) is 0 Å². The predicted molar refractivity (Wildman–Crippen MR) is 90.9 cm³/mol. The van der Waals surface area contributed by atoms with Crippen LogP contribution in [0.3, 0.4) is 0 Å². The quantitative estimate of drug-likeness (QED) is 0.448. The summed E-state index contributed by atoms with van der Waals surface area (Å²) in [5, 5.41) is 0. The SMILES string of the molecule is O=C(OCCCN1C(=O)c2ccc(Br)cc2C1=O)c1ccccc1. The zero-order valence-corrected chi connectivity index (χ0v) is 14.3. The summed E-state index contributed by atoms with van der Waals surface area (Å²) >= 11 is 3.29. The van der Waals surface area contributed by atoms with E-state index in [4.69, 9.17) is 4.74 Å². The molecule has 2 aromatic carbocycles. The van der Waals surface area contributed by atoms with Gasteiger partial charge in [-0.15, -0.1) is 0 Å². The molecule has 0 unspecified atom stereocenters. The zero-order chi connectivity index (χ0) is 17.1. The largest absolute Gasteiger partial charge is 0.462 e. The Balaban J connectivity index is 1.54. The highest BCUT2D eigenvalue weighted by molar-refractivity contribution is 9.10. The van der Waals surface area contributed by atoms with E-state index in [1.54, 1.807) is 42.5 Å². The maximum Gasteiger partial charge on any atom is 0.338 e. The molecule has 0 aliphatic carbocycles. The summed E-state index contributed by atoms with van der Waals surface area (Å²) in [5.41, 5.74) is 1.28. The molecule has 5 nitrogen and oxygen atoms in total. The van der Waals surface area contributed by atoms with Gasteiger partial charge >= 0.3 is 5.97 Å². The maximum atomic E-state index is 12.3. The smallest absolute Gasteiger partial charge is 0.338 e. The molecule has 0 saturated heterocycles. The summed E-state index contributed by atoms with van der Waals surface area (Å²) in [5.74, 6) is -1.04. The summed E-state index contributed by atoms with van der Waals surface area (Å²) in [6.45, 7) is 0.358. The molecule has 0 atom stereocenters. The zero-order valence-electron chi connectivity index (χ0n) is 12.7. The van der Waals surface area contributed by atoms with Crippen LogP contribution in [0.4, 0.5) is 0 Å². The van der Waals surface area contributed by atoms with Crippen LogP contribution in [-0.2, 0) is 4.74 Å². The van der Waals surface area contributed by atoms with E-state index < -0.39 is 5.97 Å². The van der Waals surface area contributed by atoms with Crippen LogP contribution in [0, 0.1) is 0 Å². The molecular weight excluding hydrogens is 374 g/mol. The number of hydrogen-bond acceptors (Lipinski definition) is 4. The van der Waals surface area contributed by atoms with Gasteiger partial charge in [0.1, 0.15) is 0 Å². The van der Waals surface area contributed by atoms with Crippen LogP contribution >= 0.6 is 15.9 Å². The summed E-state index contributed by atoms with van der Waals surface area (Å²) in [4.78, 5) is 37.5. The van der Waals surface area contributed by atoms with E-state index in [1.165, 1.54) is 4.90 Å². The fourth-order valence-electron chi connectivity index (χ4n) is 2.51. The van der Waals surface area contributed by atoms with E-state index in [1.807, 2.05) is 6.07 Å². The number of halogens is 1. The highest BCUT2D eigenvalue weighted by Gasteiger charge is 2.35. The number of ether oxygens (including phenoxy) is 1. The second kappa shape index (κ2) is 6.97. The molecule has 122 valence electrons. The number of benzene rings is 2. The van der Waals surface area contributed by atoms with Crippen LogP contribution in [0.15, 0.2) is 53.0 Å². The molecule has 2 amide bonds. The van der Waals surface area contributed by atoms with Gasteiger partial charge in [-0.2, -0.15) is 0 Å². The lowest BCUT2D eigenvalue weighted by atomic mass is 10.1. The normalized spacial score (nSPS) is 13.1. The van der Waals surface area contributed by atoms with Gasteiger partial charge in [0.25, 0.3) is 11.8 Å². The first-order valence-corrected chi connectivity index (χ1v) is 8.25. The number of carbonyl (C=O) groups is 3. The third-order valence-corrected chi connectivity index (χ3v) is 4.19. The molecule has 0 radical (unpaired) electrons. The third-order valence-electron chi connectivity index (χ3n) is 3.70. The molecule has 2 aromatic rings. The lowest BCUT2D eigenvalue weighted by Crippen LogP contribution is -2.31. The van der Waals surface area contributed by atoms with Crippen LogP contribution in [-0.4, -0.2) is 35.8 Å². The van der Waals surface area contributed by atoms with Crippen molar-refractivity contribution in [3.05, 3.63) is 69.7 Å². The molecule has 0 saturated carbocycles. The molecule has 1 aliphatic heterocycles. The van der Waals surface area contributed by atoms with Gasteiger partial charge in [0.05, 0.1) is 23.3 Å². The first-order valence-electron chi connectivity index (χ1n) is 7.46. The van der Waals surface area contributed by atoms with Gasteiger partial charge < -0.3 is 4.74 Å². The lowest BCUT2D eigenvalue weighted by Gasteiger charge is -2.13. The minimum atomic E-state index is -0.415. The molecule has 0 spiro atoms. The van der Waals surface area contributed by atoms with Crippen molar-refractivity contribution in [2.24, 2.45) is 0 Å². The number of carbonyl (C=O) groups excluding carboxylic acids is 3. The summed E-state index contributed by atoms with van der Waals surface area (Å²) < 4.78 is 5.91. The maximum absolute atomic E-state index is 12.3. The first kappa shape index (κ1) is 16.4. The van der Waals surface area contributed by atoms with Gasteiger partial charge in [0.2, 0.25) is 0 Å². The van der Waals surface area contributed by atoms with Gasteiger partial charge in [-0.05, 0) is 36.8 Å². The van der Waals surface area contributed by atoms with Gasteiger partial charge in [0, 0.05) is 11.0 Å². The number of esters is 1. The molecule has 6 heteroatoms. The second-order valence-electron chi connectivity index (χ2n) is 5.31. The van der Waals surface area contributed by atoms with E-state index in [2.05, 4.69) is 15.9 Å². The third kappa shape index (κ3) is 3.23. The van der Waals surface area contributed by atoms with E-state index in [0.29, 0.717) is 23.1 Å². The summed E-state index contributed by atoms with van der Waals surface area (Å²) in [6.07, 6.45) is 0.394. The number of imide groups is 1. The van der Waals surface area contributed by atoms with Gasteiger partial charge in [-0.25, -0.2) is 4.79 Å². The summed E-state index contributed by atoms with van der Waals surface area (Å²) in [7, 11) is 0. The molecule has 24 heavy (non-hydrogen) atoms. The topological polar surface area (TPSA) is 63.7 Å². The summed E-state index contributed by atoms with van der Waals surface area (Å²) in [6, 6.07) is 13.7. The number of nitrogens with zero attached hydrogens (tertiary/aromatic N) is 1. The van der Waals surface area contributed by atoms with E-state index in [9.17, 15) is 14.4 Å². The fraction of sp³-hybridized carbons (Fsp3) is 0.167. The standard InChI is InChI=1S/C18H14BrNO4/c19-13-7-8-14-15(11-13)17(22)20(16(14)21)9-4-10-24-18(23)12-5-2-1-3-6-12/h1-3,5-8,11H,4,9-10H2. The van der Waals surface area contributed by atoms with Crippen molar-refractivity contribution in [3.8, 4) is 0 Å². The Hall–Kier alpha value is -2.47. The number of fused-ring (bicyclic) bond motifs is 1.